The highest BCUT2D eigenvalue weighted by molar-refractivity contribution is 5.60. The lowest BCUT2D eigenvalue weighted by Gasteiger charge is -2.43. The molecule has 39 heavy (non-hydrogen) atoms. The standard InChI is InChI=1S/C31H32N2O6/c1-20-19-33(30(36)32-29(20)35)27-18-17-26(39-27)28(34)31(21-11-5-4-6-12-21,22-13-7-9-15-24(22)37-2)23-14-8-10-16-25(23)38-3/h4-16,19,26-28,34H,17-18H2,1-3H3,(H,32,35,36)/t26-,27+,28?/m0/s1. The zero-order valence-electron chi connectivity index (χ0n) is 22.2. The van der Waals surface area contributed by atoms with Crippen LogP contribution in [0.15, 0.2) is 94.6 Å². The lowest BCUT2D eigenvalue weighted by molar-refractivity contribution is -0.0761. The quantitative estimate of drug-likeness (QED) is 0.336. The molecule has 0 bridgehead atoms. The Morgan fingerprint density at radius 3 is 2.05 bits per heavy atom. The first-order valence-electron chi connectivity index (χ1n) is 12.9. The average molecular weight is 529 g/mol. The fraction of sp³-hybridized carbons (Fsp3) is 0.290. The van der Waals surface area contributed by atoms with Crippen molar-refractivity contribution in [2.75, 3.05) is 14.2 Å². The first kappa shape index (κ1) is 26.5. The van der Waals surface area contributed by atoms with E-state index in [2.05, 4.69) is 4.98 Å². The van der Waals surface area contributed by atoms with E-state index in [1.54, 1.807) is 21.1 Å². The summed E-state index contributed by atoms with van der Waals surface area (Å²) >= 11 is 0. The summed E-state index contributed by atoms with van der Waals surface area (Å²) in [6, 6.07) is 25.0. The summed E-state index contributed by atoms with van der Waals surface area (Å²) in [6.45, 7) is 1.64. The van der Waals surface area contributed by atoms with E-state index >= 15 is 0 Å². The van der Waals surface area contributed by atoms with Crippen LogP contribution in [0, 0.1) is 6.92 Å². The molecule has 1 saturated heterocycles. The summed E-state index contributed by atoms with van der Waals surface area (Å²) in [5.41, 5.74) is 0.598. The number of aromatic nitrogens is 2. The number of hydrogen-bond acceptors (Lipinski definition) is 6. The smallest absolute Gasteiger partial charge is 0.330 e. The molecule has 0 spiro atoms. The maximum Gasteiger partial charge on any atom is 0.330 e. The van der Waals surface area contributed by atoms with E-state index in [0.717, 1.165) is 16.7 Å². The predicted octanol–water partition coefficient (Wildman–Crippen LogP) is 3.94. The van der Waals surface area contributed by atoms with Crippen molar-refractivity contribution in [3.63, 3.8) is 0 Å². The topological polar surface area (TPSA) is 103 Å². The molecule has 5 rings (SSSR count). The van der Waals surface area contributed by atoms with Crippen LogP contribution in [0.3, 0.4) is 0 Å². The van der Waals surface area contributed by atoms with Gasteiger partial charge in [-0.25, -0.2) is 4.79 Å². The summed E-state index contributed by atoms with van der Waals surface area (Å²) in [7, 11) is 3.21. The Morgan fingerprint density at radius 1 is 0.897 bits per heavy atom. The first-order valence-corrected chi connectivity index (χ1v) is 12.9. The van der Waals surface area contributed by atoms with Gasteiger partial charge < -0.3 is 19.3 Å². The van der Waals surface area contributed by atoms with Crippen molar-refractivity contribution in [2.24, 2.45) is 0 Å². The molecule has 0 saturated carbocycles. The summed E-state index contributed by atoms with van der Waals surface area (Å²) in [5.74, 6) is 1.21. The number of benzene rings is 3. The lowest BCUT2D eigenvalue weighted by Crippen LogP contribution is -2.49. The zero-order valence-corrected chi connectivity index (χ0v) is 22.2. The van der Waals surface area contributed by atoms with Gasteiger partial charge in [0.25, 0.3) is 5.56 Å². The minimum absolute atomic E-state index is 0.406. The molecule has 1 aromatic heterocycles. The van der Waals surface area contributed by atoms with Crippen molar-refractivity contribution in [1.29, 1.82) is 0 Å². The van der Waals surface area contributed by atoms with Gasteiger partial charge in [0.15, 0.2) is 0 Å². The third-order valence-electron chi connectivity index (χ3n) is 7.57. The van der Waals surface area contributed by atoms with Gasteiger partial charge in [-0.05, 0) is 37.5 Å². The number of aromatic amines is 1. The Kier molecular flexibility index (Phi) is 7.41. The number of aryl methyl sites for hydroxylation is 1. The summed E-state index contributed by atoms with van der Waals surface area (Å²) < 4.78 is 19.5. The molecule has 0 radical (unpaired) electrons. The minimum atomic E-state index is -1.16. The number of aliphatic hydroxyl groups is 1. The van der Waals surface area contributed by atoms with Crippen LogP contribution in [0.4, 0.5) is 0 Å². The van der Waals surface area contributed by atoms with Crippen molar-refractivity contribution in [3.05, 3.63) is 128 Å². The van der Waals surface area contributed by atoms with Gasteiger partial charge in [0.1, 0.15) is 17.7 Å². The van der Waals surface area contributed by atoms with Crippen molar-refractivity contribution in [2.45, 2.75) is 43.6 Å². The number of methoxy groups -OCH3 is 2. The van der Waals surface area contributed by atoms with E-state index < -0.39 is 35.1 Å². The molecule has 1 unspecified atom stereocenters. The normalized spacial score (nSPS) is 18.1. The highest BCUT2D eigenvalue weighted by Gasteiger charge is 2.51. The summed E-state index contributed by atoms with van der Waals surface area (Å²) in [4.78, 5) is 26.9. The molecule has 8 heteroatoms. The van der Waals surface area contributed by atoms with Gasteiger partial charge in [0.05, 0.1) is 31.8 Å². The lowest BCUT2D eigenvalue weighted by atomic mass is 9.63. The van der Waals surface area contributed by atoms with Crippen molar-refractivity contribution >= 4 is 0 Å². The number of nitrogens with zero attached hydrogens (tertiary/aromatic N) is 1. The van der Waals surface area contributed by atoms with Crippen LogP contribution in [0.2, 0.25) is 0 Å². The summed E-state index contributed by atoms with van der Waals surface area (Å²) in [5, 5.41) is 12.5. The number of ether oxygens (including phenoxy) is 3. The van der Waals surface area contributed by atoms with E-state index in [1.165, 1.54) is 10.8 Å². The van der Waals surface area contributed by atoms with Gasteiger partial charge in [0.2, 0.25) is 0 Å². The van der Waals surface area contributed by atoms with Crippen LogP contribution in [-0.2, 0) is 10.2 Å². The van der Waals surface area contributed by atoms with Gasteiger partial charge in [-0.2, -0.15) is 0 Å². The molecule has 1 fully saturated rings. The maximum absolute atomic E-state index is 12.6. The van der Waals surface area contributed by atoms with Gasteiger partial charge in [0, 0.05) is 22.9 Å². The zero-order chi connectivity index (χ0) is 27.6. The van der Waals surface area contributed by atoms with Crippen LogP contribution in [0.5, 0.6) is 11.5 Å². The monoisotopic (exact) mass is 528 g/mol. The van der Waals surface area contributed by atoms with E-state index in [-0.39, 0.29) is 0 Å². The highest BCUT2D eigenvalue weighted by Crippen LogP contribution is 2.51. The molecule has 2 heterocycles. The average Bonchev–Trinajstić information content (AvgIpc) is 3.46. The minimum Gasteiger partial charge on any atom is -0.496 e. The second kappa shape index (κ2) is 10.9. The van der Waals surface area contributed by atoms with Crippen LogP contribution < -0.4 is 20.7 Å². The number of nitrogens with one attached hydrogen (secondary N) is 1. The third kappa shape index (κ3) is 4.56. The van der Waals surface area contributed by atoms with E-state index in [9.17, 15) is 14.7 Å². The Morgan fingerprint density at radius 2 is 1.46 bits per heavy atom. The van der Waals surface area contributed by atoms with E-state index in [1.807, 2.05) is 78.9 Å². The molecule has 1 aliphatic rings. The Bertz CT molecular complexity index is 1510. The second-order valence-electron chi connectivity index (χ2n) is 9.70. The van der Waals surface area contributed by atoms with Crippen molar-refractivity contribution in [1.82, 2.24) is 9.55 Å². The molecule has 3 aromatic carbocycles. The van der Waals surface area contributed by atoms with E-state index in [4.69, 9.17) is 14.2 Å². The van der Waals surface area contributed by atoms with Crippen LogP contribution in [0.1, 0.15) is 41.3 Å². The van der Waals surface area contributed by atoms with Gasteiger partial charge in [-0.15, -0.1) is 0 Å². The Balaban J connectivity index is 1.71. The Labute approximate surface area is 226 Å². The molecule has 0 amide bonds. The maximum atomic E-state index is 12.6. The first-order chi connectivity index (χ1) is 18.9. The number of rotatable bonds is 8. The highest BCUT2D eigenvalue weighted by atomic mass is 16.5. The molecule has 0 aliphatic carbocycles. The van der Waals surface area contributed by atoms with Crippen LogP contribution >= 0.6 is 0 Å². The molecular weight excluding hydrogens is 496 g/mol. The number of H-pyrrole nitrogens is 1. The SMILES string of the molecule is COc1ccccc1C(c1ccccc1)(c1ccccc1OC)C(O)[C@@H]1CC[C@H](n2cc(C)c(=O)[nH]c2=O)O1. The van der Waals surface area contributed by atoms with Gasteiger partial charge >= 0.3 is 5.69 Å². The fourth-order valence-electron chi connectivity index (χ4n) is 5.75. The predicted molar refractivity (Wildman–Crippen MR) is 148 cm³/mol. The third-order valence-corrected chi connectivity index (χ3v) is 7.57. The number of para-hydroxylation sites is 2. The Hall–Kier alpha value is -4.14. The molecule has 202 valence electrons. The number of hydrogen-bond donors (Lipinski definition) is 2. The molecule has 3 atom stereocenters. The molecule has 1 aliphatic heterocycles. The molecular formula is C31H32N2O6. The molecule has 2 N–H and O–H groups in total. The molecule has 8 nitrogen and oxygen atoms in total. The van der Waals surface area contributed by atoms with Crippen molar-refractivity contribution in [3.8, 4) is 11.5 Å². The largest absolute Gasteiger partial charge is 0.496 e. The number of aliphatic hydroxyl groups excluding tert-OH is 1. The van der Waals surface area contributed by atoms with Crippen molar-refractivity contribution < 1.29 is 19.3 Å². The van der Waals surface area contributed by atoms with Crippen LogP contribution in [0.25, 0.3) is 0 Å². The summed E-state index contributed by atoms with van der Waals surface area (Å²) in [6.07, 6.45) is 0.0501. The molecule has 4 aromatic rings. The second-order valence-corrected chi connectivity index (χ2v) is 9.70. The van der Waals surface area contributed by atoms with E-state index in [0.29, 0.717) is 29.9 Å². The fourth-order valence-corrected chi connectivity index (χ4v) is 5.75. The van der Waals surface area contributed by atoms with Gasteiger partial charge in [-0.3, -0.25) is 14.3 Å². The van der Waals surface area contributed by atoms with Crippen LogP contribution in [-0.4, -0.2) is 41.1 Å². The van der Waals surface area contributed by atoms with Gasteiger partial charge in [-0.1, -0.05) is 66.7 Å².